The van der Waals surface area contributed by atoms with Gasteiger partial charge in [0.25, 0.3) is 5.91 Å². The zero-order chi connectivity index (χ0) is 48.5. The predicted molar refractivity (Wildman–Crippen MR) is 263 cm³/mol. The van der Waals surface area contributed by atoms with Crippen molar-refractivity contribution >= 4 is 63.1 Å². The molecule has 4 aromatic rings. The third kappa shape index (κ3) is 15.7. The first-order chi connectivity index (χ1) is 28.7. The predicted octanol–water partition coefficient (Wildman–Crippen LogP) is 12.2. The molecule has 63 heavy (non-hydrogen) atoms. The number of thiophene rings is 2. The minimum absolute atomic E-state index is 0.110. The average molecular weight is 941 g/mol. The van der Waals surface area contributed by atoms with Gasteiger partial charge in [-0.15, -0.1) is 22.7 Å². The Hall–Kier alpha value is -4.29. The lowest BCUT2D eigenvalue weighted by atomic mass is 9.87. The van der Waals surface area contributed by atoms with Crippen LogP contribution in [0.3, 0.4) is 0 Å². The number of carboxylic acids is 1. The zero-order valence-electron chi connectivity index (χ0n) is 40.8. The van der Waals surface area contributed by atoms with Crippen molar-refractivity contribution in [3.63, 3.8) is 0 Å². The van der Waals surface area contributed by atoms with Gasteiger partial charge < -0.3 is 34.5 Å². The number of benzene rings is 2. The molecule has 0 saturated carbocycles. The van der Waals surface area contributed by atoms with Gasteiger partial charge in [0, 0.05) is 13.1 Å². The number of amides is 1. The Morgan fingerprint density at radius 1 is 0.619 bits per heavy atom. The highest BCUT2D eigenvalue weighted by molar-refractivity contribution is 7.16. The fourth-order valence-electron chi connectivity index (χ4n) is 5.22. The van der Waals surface area contributed by atoms with E-state index in [2.05, 4.69) is 77.8 Å². The van der Waals surface area contributed by atoms with Crippen molar-refractivity contribution in [2.75, 3.05) is 14.2 Å². The normalized spacial score (nSPS) is 12.2. The van der Waals surface area contributed by atoms with Crippen molar-refractivity contribution < 1.29 is 42.6 Å². The number of methoxy groups -OCH3 is 2. The van der Waals surface area contributed by atoms with Crippen molar-refractivity contribution in [3.05, 3.63) is 102 Å². The van der Waals surface area contributed by atoms with Crippen molar-refractivity contribution in [2.45, 2.75) is 143 Å². The Labute approximate surface area is 386 Å². The molecule has 0 fully saturated rings. The van der Waals surface area contributed by atoms with E-state index in [4.69, 9.17) is 24.4 Å². The van der Waals surface area contributed by atoms with Crippen LogP contribution >= 0.6 is 22.7 Å². The number of aromatic carboxylic acids is 1. The smallest absolute Gasteiger partial charge is 0.348 e. The van der Waals surface area contributed by atoms with Crippen LogP contribution in [0.2, 0.25) is 36.3 Å². The highest BCUT2D eigenvalue weighted by atomic mass is 32.1. The minimum Gasteiger partial charge on any atom is -0.543 e. The van der Waals surface area contributed by atoms with Gasteiger partial charge in [0.1, 0.15) is 26.1 Å². The zero-order valence-corrected chi connectivity index (χ0v) is 44.4. The van der Waals surface area contributed by atoms with Crippen molar-refractivity contribution in [1.82, 2.24) is 5.32 Å². The molecule has 0 unspecified atom stereocenters. The van der Waals surface area contributed by atoms with E-state index in [9.17, 15) is 19.2 Å². The van der Waals surface area contributed by atoms with E-state index >= 15 is 0 Å². The first-order valence-electron chi connectivity index (χ1n) is 20.9. The fourth-order valence-corrected chi connectivity index (χ4v) is 9.60. The highest BCUT2D eigenvalue weighted by Gasteiger charge is 2.40. The van der Waals surface area contributed by atoms with Crippen LogP contribution in [-0.2, 0) is 33.4 Å². The maximum absolute atomic E-state index is 12.8. The van der Waals surface area contributed by atoms with Crippen LogP contribution in [0.25, 0.3) is 0 Å². The molecule has 1 amide bonds. The number of nitrogens with two attached hydrogens (primary N) is 1. The summed E-state index contributed by atoms with van der Waals surface area (Å²) in [6, 6.07) is 19.3. The number of rotatable bonds is 11. The van der Waals surface area contributed by atoms with Gasteiger partial charge in [-0.3, -0.25) is 4.79 Å². The summed E-state index contributed by atoms with van der Waals surface area (Å²) in [5.74, 6) is -0.342. The van der Waals surface area contributed by atoms with Gasteiger partial charge in [0.2, 0.25) is 16.6 Å². The maximum Gasteiger partial charge on any atom is 0.348 e. The van der Waals surface area contributed by atoms with Crippen molar-refractivity contribution in [3.8, 4) is 11.5 Å². The third-order valence-corrected chi connectivity index (χ3v) is 22.0. The number of esters is 2. The molecule has 2 aromatic carbocycles. The van der Waals surface area contributed by atoms with Gasteiger partial charge in [-0.2, -0.15) is 0 Å². The van der Waals surface area contributed by atoms with Crippen molar-refractivity contribution in [2.24, 2.45) is 5.73 Å². The number of ether oxygens (including phenoxy) is 2. The van der Waals surface area contributed by atoms with E-state index in [1.54, 1.807) is 12.1 Å². The van der Waals surface area contributed by atoms with Crippen LogP contribution in [0.15, 0.2) is 60.7 Å². The van der Waals surface area contributed by atoms with E-state index < -0.39 is 34.5 Å². The molecule has 0 aliphatic rings. The SMILES string of the molecule is CC(C)(C)[Si](C)(C)Oc1cccc(CN)c1.COC(=O)c1sc(C(=O)NCc2cccc(O[Si](C)(C)C(C)(C)C)c2)cc1C(C)(C)C.COC(=O)c1sc(C(=O)O)cc1C(C)(C)C. The summed E-state index contributed by atoms with van der Waals surface area (Å²) >= 11 is 2.12. The Morgan fingerprint density at radius 3 is 1.37 bits per heavy atom. The Bertz CT molecular complexity index is 2200. The van der Waals surface area contributed by atoms with Crippen LogP contribution in [-0.4, -0.2) is 59.8 Å². The Morgan fingerprint density at radius 2 is 1.00 bits per heavy atom. The van der Waals surface area contributed by atoms with Gasteiger partial charge in [-0.05, 0) is 106 Å². The average Bonchev–Trinajstić information content (AvgIpc) is 3.83. The molecule has 0 bridgehead atoms. The Balaban J connectivity index is 0.000000359. The molecular weight excluding hydrogens is 869 g/mol. The first-order valence-corrected chi connectivity index (χ1v) is 28.4. The highest BCUT2D eigenvalue weighted by Crippen LogP contribution is 2.39. The molecule has 0 spiro atoms. The molecule has 0 atom stereocenters. The lowest BCUT2D eigenvalue weighted by molar-refractivity contribution is 0.0595. The second-order valence-electron chi connectivity index (χ2n) is 20.4. The van der Waals surface area contributed by atoms with Gasteiger partial charge in [0.15, 0.2) is 0 Å². The third-order valence-electron chi connectivity index (χ3n) is 11.1. The summed E-state index contributed by atoms with van der Waals surface area (Å²) in [6.45, 7) is 35.0. The molecule has 11 nitrogen and oxygen atoms in total. The number of carbonyl (C=O) groups is 4. The molecule has 348 valence electrons. The topological polar surface area (TPSA) is 163 Å². The van der Waals surface area contributed by atoms with Crippen molar-refractivity contribution in [1.29, 1.82) is 0 Å². The van der Waals surface area contributed by atoms with Crippen LogP contribution in [0.1, 0.15) is 144 Å². The quantitative estimate of drug-likeness (QED) is 0.0974. The molecule has 15 heteroatoms. The molecule has 0 saturated heterocycles. The molecule has 0 aliphatic carbocycles. The second-order valence-corrected chi connectivity index (χ2v) is 32.0. The van der Waals surface area contributed by atoms with E-state index in [1.807, 2.05) is 90.1 Å². The number of carboxylic acid groups (broad SMARTS) is 1. The van der Waals surface area contributed by atoms with E-state index in [-0.39, 0.29) is 31.7 Å². The molecular formula is C48H72N2O9S2Si2. The first kappa shape index (κ1) is 54.8. The summed E-state index contributed by atoms with van der Waals surface area (Å²) in [6.07, 6.45) is 0. The molecule has 2 heterocycles. The van der Waals surface area contributed by atoms with E-state index in [0.29, 0.717) is 33.3 Å². The van der Waals surface area contributed by atoms with Gasteiger partial charge >= 0.3 is 17.9 Å². The largest absolute Gasteiger partial charge is 0.543 e. The molecule has 4 N–H and O–H groups in total. The van der Waals surface area contributed by atoms with Crippen LogP contribution in [0.5, 0.6) is 11.5 Å². The lowest BCUT2D eigenvalue weighted by Crippen LogP contribution is -2.43. The minimum atomic E-state index is -1.93. The van der Waals surface area contributed by atoms with E-state index in [1.165, 1.54) is 25.6 Å². The summed E-state index contributed by atoms with van der Waals surface area (Å²) in [5.41, 5.74) is 8.68. The molecule has 2 aromatic heterocycles. The summed E-state index contributed by atoms with van der Waals surface area (Å²) in [7, 11) is -1.01. The van der Waals surface area contributed by atoms with Gasteiger partial charge in [-0.1, -0.05) is 107 Å². The summed E-state index contributed by atoms with van der Waals surface area (Å²) < 4.78 is 22.1. The van der Waals surface area contributed by atoms with E-state index in [0.717, 1.165) is 39.5 Å². The monoisotopic (exact) mass is 940 g/mol. The lowest BCUT2D eigenvalue weighted by Gasteiger charge is -2.36. The molecule has 4 rings (SSSR count). The van der Waals surface area contributed by atoms with Crippen LogP contribution < -0.4 is 19.9 Å². The maximum atomic E-state index is 12.8. The standard InChI is InChI=1S/C24H35NO4SSi.C13H23NOSi.C11H14O4S/c1-23(2,3)18-14-19(30-20(18)22(27)28-7)21(26)25-15-16-11-10-12-17(13-16)29-31(8,9)24(4,5)6;1-13(2,3)16(4,5)15-12-8-6-7-11(9-12)10-14;1-11(2,3)6-5-7(9(12)13)16-8(6)10(14)15-4/h10-14H,15H2,1-9H3,(H,25,26);6-9H,10,14H2,1-5H3;5H,1-4H3,(H,12,13). The fraction of sp³-hybridized carbons (Fsp3) is 0.500. The molecule has 0 aliphatic heterocycles. The Kier molecular flexibility index (Phi) is 18.8. The number of nitrogens with one attached hydrogen (secondary N) is 1. The van der Waals surface area contributed by atoms with Gasteiger partial charge in [0.05, 0.1) is 19.1 Å². The van der Waals surface area contributed by atoms with Crippen LogP contribution in [0.4, 0.5) is 0 Å². The summed E-state index contributed by atoms with van der Waals surface area (Å²) in [4.78, 5) is 48.8. The number of hydrogen-bond donors (Lipinski definition) is 3. The summed E-state index contributed by atoms with van der Waals surface area (Å²) in [5, 5.41) is 12.2. The van der Waals surface area contributed by atoms with Crippen LogP contribution in [0, 0.1) is 0 Å². The number of hydrogen-bond acceptors (Lipinski definition) is 11. The molecule has 0 radical (unpaired) electrons. The second kappa shape index (κ2) is 21.6. The number of carbonyl (C=O) groups excluding carboxylic acids is 3. The van der Waals surface area contributed by atoms with Gasteiger partial charge in [-0.25, -0.2) is 14.4 Å².